The Bertz CT molecular complexity index is 631. The lowest BCUT2D eigenvalue weighted by Crippen LogP contribution is -2.31. The van der Waals surface area contributed by atoms with Crippen molar-refractivity contribution < 1.29 is 4.79 Å². The van der Waals surface area contributed by atoms with Gasteiger partial charge in [0.05, 0.1) is 12.5 Å². The van der Waals surface area contributed by atoms with Crippen LogP contribution in [0.5, 0.6) is 0 Å². The third-order valence-electron chi connectivity index (χ3n) is 3.90. The molecule has 0 spiro atoms. The van der Waals surface area contributed by atoms with E-state index in [4.69, 9.17) is 0 Å². The fraction of sp³-hybridized carbons (Fsp3) is 0.444. The summed E-state index contributed by atoms with van der Waals surface area (Å²) in [5, 5.41) is 3.11. The molecule has 0 aliphatic heterocycles. The Morgan fingerprint density at radius 3 is 2.52 bits per heavy atom. The van der Waals surface area contributed by atoms with Crippen molar-refractivity contribution in [1.82, 2.24) is 14.9 Å². The van der Waals surface area contributed by atoms with Crippen molar-refractivity contribution in [2.24, 2.45) is 7.05 Å². The van der Waals surface area contributed by atoms with Gasteiger partial charge >= 0.3 is 0 Å². The predicted octanol–water partition coefficient (Wildman–Crippen LogP) is 2.69. The summed E-state index contributed by atoms with van der Waals surface area (Å²) in [6.45, 7) is 2.11. The molecule has 0 saturated carbocycles. The van der Waals surface area contributed by atoms with Gasteiger partial charge in [-0.2, -0.15) is 0 Å². The molecule has 1 aromatic heterocycles. The lowest BCUT2D eigenvalue weighted by molar-refractivity contribution is -0.121. The maximum absolute atomic E-state index is 12.4. The summed E-state index contributed by atoms with van der Waals surface area (Å²) >= 11 is 0. The Hall–Kier alpha value is -2.30. The highest BCUT2D eigenvalue weighted by Gasteiger charge is 2.17. The Kier molecular flexibility index (Phi) is 5.79. The van der Waals surface area contributed by atoms with E-state index in [1.54, 1.807) is 6.20 Å². The fourth-order valence-electron chi connectivity index (χ4n) is 2.61. The molecule has 1 aromatic carbocycles. The maximum atomic E-state index is 12.4. The monoisotopic (exact) mass is 314 g/mol. The van der Waals surface area contributed by atoms with E-state index in [0.29, 0.717) is 6.42 Å². The number of benzene rings is 1. The summed E-state index contributed by atoms with van der Waals surface area (Å²) in [6, 6.07) is 8.04. The lowest BCUT2D eigenvalue weighted by atomic mass is 10.1. The molecule has 2 rings (SSSR count). The molecule has 1 N–H and O–H groups in total. The second-order valence-electron chi connectivity index (χ2n) is 6.04. The van der Waals surface area contributed by atoms with Crippen LogP contribution in [0.1, 0.15) is 37.2 Å². The van der Waals surface area contributed by atoms with Crippen molar-refractivity contribution in [3.8, 4) is 0 Å². The molecule has 0 unspecified atom stereocenters. The second-order valence-corrected chi connectivity index (χ2v) is 6.04. The molecule has 5 nitrogen and oxygen atoms in total. The van der Waals surface area contributed by atoms with E-state index in [0.717, 1.165) is 29.9 Å². The number of nitrogens with zero attached hydrogens (tertiary/aromatic N) is 3. The molecule has 1 heterocycles. The maximum Gasteiger partial charge on any atom is 0.225 e. The Morgan fingerprint density at radius 2 is 2.00 bits per heavy atom. The van der Waals surface area contributed by atoms with Crippen molar-refractivity contribution in [3.63, 3.8) is 0 Å². The first-order valence-electron chi connectivity index (χ1n) is 8.04. The third kappa shape index (κ3) is 4.58. The fourth-order valence-corrected chi connectivity index (χ4v) is 2.61. The van der Waals surface area contributed by atoms with Crippen LogP contribution in [0.4, 0.5) is 5.69 Å². The Balaban J connectivity index is 2.00. The SMILES string of the molecule is CCC[C@H](NC(=O)Cc1ccc(N(C)C)cc1)c1nccn1C. The predicted molar refractivity (Wildman–Crippen MR) is 93.5 cm³/mol. The van der Waals surface area contributed by atoms with E-state index >= 15 is 0 Å². The molecule has 5 heteroatoms. The van der Waals surface area contributed by atoms with Crippen LogP contribution < -0.4 is 10.2 Å². The first-order chi connectivity index (χ1) is 11.0. The molecule has 1 amide bonds. The van der Waals surface area contributed by atoms with E-state index in [-0.39, 0.29) is 11.9 Å². The van der Waals surface area contributed by atoms with Gasteiger partial charge in [-0.15, -0.1) is 0 Å². The van der Waals surface area contributed by atoms with Crippen LogP contribution in [0.15, 0.2) is 36.7 Å². The summed E-state index contributed by atoms with van der Waals surface area (Å²) < 4.78 is 1.96. The summed E-state index contributed by atoms with van der Waals surface area (Å²) in [5.41, 5.74) is 2.15. The number of nitrogens with one attached hydrogen (secondary N) is 1. The zero-order chi connectivity index (χ0) is 16.8. The molecule has 0 aliphatic carbocycles. The Labute approximate surface area is 138 Å². The number of rotatable bonds is 7. The minimum Gasteiger partial charge on any atom is -0.378 e. The summed E-state index contributed by atoms with van der Waals surface area (Å²) in [7, 11) is 5.96. The minimum absolute atomic E-state index is 0.0315. The number of aryl methyl sites for hydroxylation is 1. The highest BCUT2D eigenvalue weighted by Crippen LogP contribution is 2.17. The zero-order valence-corrected chi connectivity index (χ0v) is 14.4. The number of hydrogen-bond acceptors (Lipinski definition) is 3. The van der Waals surface area contributed by atoms with Crippen LogP contribution in [0.25, 0.3) is 0 Å². The summed E-state index contributed by atoms with van der Waals surface area (Å²) in [5.74, 6) is 0.937. The number of carbonyl (C=O) groups excluding carboxylic acids is 1. The molecular weight excluding hydrogens is 288 g/mol. The average molecular weight is 314 g/mol. The summed E-state index contributed by atoms with van der Waals surface area (Å²) in [6.07, 6.45) is 5.94. The van der Waals surface area contributed by atoms with Crippen LogP contribution >= 0.6 is 0 Å². The van der Waals surface area contributed by atoms with E-state index < -0.39 is 0 Å². The van der Waals surface area contributed by atoms with Gasteiger partial charge in [-0.3, -0.25) is 4.79 Å². The largest absolute Gasteiger partial charge is 0.378 e. The molecule has 1 atom stereocenters. The van der Waals surface area contributed by atoms with Gasteiger partial charge in [-0.25, -0.2) is 4.98 Å². The van der Waals surface area contributed by atoms with Crippen molar-refractivity contribution in [2.45, 2.75) is 32.2 Å². The van der Waals surface area contributed by atoms with Crippen LogP contribution in [0, 0.1) is 0 Å². The van der Waals surface area contributed by atoms with E-state index in [9.17, 15) is 4.79 Å². The Morgan fingerprint density at radius 1 is 1.30 bits per heavy atom. The molecule has 2 aromatic rings. The molecular formula is C18H26N4O. The molecule has 23 heavy (non-hydrogen) atoms. The highest BCUT2D eigenvalue weighted by atomic mass is 16.1. The van der Waals surface area contributed by atoms with Gasteiger partial charge in [0.2, 0.25) is 5.91 Å². The number of anilines is 1. The average Bonchev–Trinajstić information content (AvgIpc) is 2.93. The lowest BCUT2D eigenvalue weighted by Gasteiger charge is -2.18. The van der Waals surface area contributed by atoms with Gasteiger partial charge in [0.1, 0.15) is 5.82 Å². The first-order valence-corrected chi connectivity index (χ1v) is 8.04. The van der Waals surface area contributed by atoms with Crippen molar-refractivity contribution >= 4 is 11.6 Å². The van der Waals surface area contributed by atoms with Crippen LogP contribution in [0.3, 0.4) is 0 Å². The molecule has 0 radical (unpaired) electrons. The van der Waals surface area contributed by atoms with Crippen LogP contribution in [-0.4, -0.2) is 29.6 Å². The van der Waals surface area contributed by atoms with Crippen molar-refractivity contribution in [1.29, 1.82) is 0 Å². The van der Waals surface area contributed by atoms with Crippen molar-refractivity contribution in [2.75, 3.05) is 19.0 Å². The number of hydrogen-bond donors (Lipinski definition) is 1. The summed E-state index contributed by atoms with van der Waals surface area (Å²) in [4.78, 5) is 18.8. The number of imidazole rings is 1. The van der Waals surface area contributed by atoms with Gasteiger partial charge in [0.15, 0.2) is 0 Å². The number of aromatic nitrogens is 2. The van der Waals surface area contributed by atoms with Gasteiger partial charge < -0.3 is 14.8 Å². The highest BCUT2D eigenvalue weighted by molar-refractivity contribution is 5.79. The molecule has 124 valence electrons. The van der Waals surface area contributed by atoms with Gasteiger partial charge in [-0.05, 0) is 24.1 Å². The quantitative estimate of drug-likeness (QED) is 0.855. The third-order valence-corrected chi connectivity index (χ3v) is 3.90. The normalized spacial score (nSPS) is 12.0. The number of amides is 1. The van der Waals surface area contributed by atoms with Crippen molar-refractivity contribution in [3.05, 3.63) is 48.0 Å². The van der Waals surface area contributed by atoms with Gasteiger partial charge in [0.25, 0.3) is 0 Å². The first kappa shape index (κ1) is 17.1. The number of carbonyl (C=O) groups is 1. The van der Waals surface area contributed by atoms with E-state index in [1.165, 1.54) is 0 Å². The van der Waals surface area contributed by atoms with Gasteiger partial charge in [0, 0.05) is 39.2 Å². The van der Waals surface area contributed by atoms with E-state index in [2.05, 4.69) is 17.2 Å². The van der Waals surface area contributed by atoms with Crippen LogP contribution in [-0.2, 0) is 18.3 Å². The molecule has 0 saturated heterocycles. The molecule has 0 bridgehead atoms. The standard InChI is InChI=1S/C18H26N4O/c1-5-6-16(18-19-11-12-22(18)4)20-17(23)13-14-7-9-15(10-8-14)21(2)3/h7-12,16H,5-6,13H2,1-4H3,(H,20,23)/t16-/m0/s1. The zero-order valence-electron chi connectivity index (χ0n) is 14.4. The molecule has 0 fully saturated rings. The minimum atomic E-state index is -0.0338. The van der Waals surface area contributed by atoms with Crippen LogP contribution in [0.2, 0.25) is 0 Å². The topological polar surface area (TPSA) is 50.2 Å². The second kappa shape index (κ2) is 7.81. The van der Waals surface area contributed by atoms with E-state index in [1.807, 2.05) is 61.1 Å². The smallest absolute Gasteiger partial charge is 0.225 e. The van der Waals surface area contributed by atoms with Gasteiger partial charge in [-0.1, -0.05) is 25.5 Å². The molecule has 0 aliphatic rings.